The molecule has 1 unspecified atom stereocenters. The molecule has 176 valence electrons. The van der Waals surface area contributed by atoms with Gasteiger partial charge in [0.1, 0.15) is 5.75 Å². The van der Waals surface area contributed by atoms with Crippen molar-refractivity contribution in [3.05, 3.63) is 71.8 Å². The van der Waals surface area contributed by atoms with Gasteiger partial charge in [0.15, 0.2) is 0 Å². The van der Waals surface area contributed by atoms with Crippen LogP contribution in [0.3, 0.4) is 0 Å². The Hall–Kier alpha value is -1.97. The molecule has 0 saturated carbocycles. The highest BCUT2D eigenvalue weighted by atomic mass is 32.2. The number of nitrogens with zero attached hydrogens (tertiary/aromatic N) is 1. The number of methoxy groups -OCH3 is 1. The van der Waals surface area contributed by atoms with Crippen molar-refractivity contribution in [2.24, 2.45) is 5.92 Å². The summed E-state index contributed by atoms with van der Waals surface area (Å²) in [6.07, 6.45) is 9.77. The van der Waals surface area contributed by atoms with Crippen LogP contribution >= 0.6 is 11.8 Å². The first-order chi connectivity index (χ1) is 16.3. The van der Waals surface area contributed by atoms with Crippen LogP contribution in [0.15, 0.2) is 65.6 Å². The summed E-state index contributed by atoms with van der Waals surface area (Å²) in [6.45, 7) is 5.88. The van der Waals surface area contributed by atoms with E-state index in [4.69, 9.17) is 4.74 Å². The quantitative estimate of drug-likeness (QED) is 0.199. The largest absolute Gasteiger partial charge is 0.496 e. The molecule has 3 heteroatoms. The maximum atomic E-state index is 5.72. The first-order valence-corrected chi connectivity index (χ1v) is 13.7. The van der Waals surface area contributed by atoms with Crippen LogP contribution in [-0.2, 0) is 12.3 Å². The summed E-state index contributed by atoms with van der Waals surface area (Å²) in [5.41, 5.74) is 2.75. The highest BCUT2D eigenvalue weighted by Gasteiger charge is 2.22. The fourth-order valence-corrected chi connectivity index (χ4v) is 6.24. The van der Waals surface area contributed by atoms with Gasteiger partial charge in [-0.1, -0.05) is 87.6 Å². The summed E-state index contributed by atoms with van der Waals surface area (Å²) in [4.78, 5) is 4.07. The average molecular weight is 462 g/mol. The first kappa shape index (κ1) is 24.2. The molecule has 0 aromatic heterocycles. The van der Waals surface area contributed by atoms with E-state index in [9.17, 15) is 0 Å². The van der Waals surface area contributed by atoms with Crippen molar-refractivity contribution >= 4 is 22.5 Å². The van der Waals surface area contributed by atoms with Gasteiger partial charge in [-0.15, -0.1) is 11.8 Å². The molecule has 2 nitrogen and oxygen atoms in total. The number of fused-ring (bicyclic) bond motifs is 1. The van der Waals surface area contributed by atoms with Crippen molar-refractivity contribution in [2.75, 3.05) is 20.2 Å². The molecule has 3 aromatic rings. The minimum Gasteiger partial charge on any atom is -0.496 e. The zero-order chi connectivity index (χ0) is 22.9. The predicted molar refractivity (Wildman–Crippen MR) is 143 cm³/mol. The van der Waals surface area contributed by atoms with Crippen LogP contribution in [0, 0.1) is 5.92 Å². The van der Waals surface area contributed by atoms with Gasteiger partial charge >= 0.3 is 0 Å². The Morgan fingerprint density at radius 1 is 0.939 bits per heavy atom. The van der Waals surface area contributed by atoms with E-state index in [-0.39, 0.29) is 0 Å². The second kappa shape index (κ2) is 12.5. The summed E-state index contributed by atoms with van der Waals surface area (Å²) in [5, 5.41) is 2.57. The van der Waals surface area contributed by atoms with Crippen LogP contribution in [0.4, 0.5) is 0 Å². The van der Waals surface area contributed by atoms with E-state index in [0.29, 0.717) is 0 Å². The molecule has 0 radical (unpaired) electrons. The van der Waals surface area contributed by atoms with Crippen molar-refractivity contribution in [1.29, 1.82) is 0 Å². The third-order valence-corrected chi connectivity index (χ3v) is 8.18. The van der Waals surface area contributed by atoms with Gasteiger partial charge in [-0.3, -0.25) is 4.90 Å². The lowest BCUT2D eigenvalue weighted by atomic mass is 10.00. The number of benzene rings is 3. The van der Waals surface area contributed by atoms with Crippen LogP contribution in [0.25, 0.3) is 10.8 Å². The van der Waals surface area contributed by atoms with Crippen molar-refractivity contribution < 1.29 is 4.74 Å². The molecule has 0 N–H and O–H groups in total. The Morgan fingerprint density at radius 2 is 1.76 bits per heavy atom. The van der Waals surface area contributed by atoms with Crippen molar-refractivity contribution in [3.8, 4) is 5.75 Å². The third kappa shape index (κ3) is 6.55. The molecule has 1 aliphatic rings. The van der Waals surface area contributed by atoms with Crippen LogP contribution in [-0.4, -0.2) is 25.1 Å². The lowest BCUT2D eigenvalue weighted by molar-refractivity contribution is 0.309. The molecule has 1 saturated heterocycles. The van der Waals surface area contributed by atoms with E-state index in [0.717, 1.165) is 24.0 Å². The van der Waals surface area contributed by atoms with Gasteiger partial charge in [-0.25, -0.2) is 0 Å². The summed E-state index contributed by atoms with van der Waals surface area (Å²) in [7, 11) is 1.78. The molecule has 33 heavy (non-hydrogen) atoms. The lowest BCUT2D eigenvalue weighted by Gasteiger charge is -2.19. The number of rotatable bonds is 12. The smallest absolute Gasteiger partial charge is 0.123 e. The molecule has 0 amide bonds. The number of ether oxygens (including phenoxy) is 1. The number of likely N-dealkylation sites (tertiary alicyclic amines) is 1. The van der Waals surface area contributed by atoms with E-state index in [1.54, 1.807) is 7.11 Å². The first-order valence-electron chi connectivity index (χ1n) is 12.8. The molecule has 0 bridgehead atoms. The van der Waals surface area contributed by atoms with E-state index in [2.05, 4.69) is 72.5 Å². The molecule has 4 rings (SSSR count). The summed E-state index contributed by atoms with van der Waals surface area (Å²) in [5.74, 6) is 2.80. The Kier molecular flexibility index (Phi) is 9.14. The molecule has 1 atom stereocenters. The molecule has 3 aromatic carbocycles. The standard InChI is InChI=1S/C30H39NOS/c1-3-4-5-6-7-12-24-19-20-31(21-24)22-26-14-9-11-16-30(26)33-23-28-27-15-10-8-13-25(27)17-18-29(28)32-2/h8-11,13-18,24H,3-7,12,19-23H2,1-2H3. The zero-order valence-corrected chi connectivity index (χ0v) is 21.2. The van der Waals surface area contributed by atoms with Gasteiger partial charge in [0.25, 0.3) is 0 Å². The molecular weight excluding hydrogens is 422 g/mol. The number of hydrogen-bond acceptors (Lipinski definition) is 3. The Labute approximate surface area is 204 Å². The predicted octanol–water partition coefficient (Wildman–Crippen LogP) is 8.32. The highest BCUT2D eigenvalue weighted by molar-refractivity contribution is 7.98. The molecule has 0 aliphatic carbocycles. The van der Waals surface area contributed by atoms with E-state index < -0.39 is 0 Å². The molecule has 1 heterocycles. The molecular formula is C30H39NOS. The Balaban J connectivity index is 1.37. The lowest BCUT2D eigenvalue weighted by Crippen LogP contribution is -2.20. The fourth-order valence-electron chi connectivity index (χ4n) is 5.15. The topological polar surface area (TPSA) is 12.5 Å². The van der Waals surface area contributed by atoms with E-state index >= 15 is 0 Å². The maximum absolute atomic E-state index is 5.72. The maximum Gasteiger partial charge on any atom is 0.123 e. The number of unbranched alkanes of at least 4 members (excludes halogenated alkanes) is 4. The van der Waals surface area contributed by atoms with Crippen LogP contribution in [0.5, 0.6) is 5.75 Å². The van der Waals surface area contributed by atoms with Gasteiger partial charge in [-0.2, -0.15) is 0 Å². The minimum atomic E-state index is 0.895. The average Bonchev–Trinajstić information content (AvgIpc) is 3.30. The van der Waals surface area contributed by atoms with E-state index in [1.807, 2.05) is 11.8 Å². The Morgan fingerprint density at radius 3 is 2.64 bits per heavy atom. The van der Waals surface area contributed by atoms with Crippen LogP contribution < -0.4 is 4.74 Å². The zero-order valence-electron chi connectivity index (χ0n) is 20.4. The summed E-state index contributed by atoms with van der Waals surface area (Å²) >= 11 is 1.94. The van der Waals surface area contributed by atoms with Crippen molar-refractivity contribution in [3.63, 3.8) is 0 Å². The highest BCUT2D eigenvalue weighted by Crippen LogP contribution is 2.35. The minimum absolute atomic E-state index is 0.895. The second-order valence-electron chi connectivity index (χ2n) is 9.46. The normalized spacial score (nSPS) is 16.5. The van der Waals surface area contributed by atoms with Crippen LogP contribution in [0.2, 0.25) is 0 Å². The molecule has 1 fully saturated rings. The van der Waals surface area contributed by atoms with Crippen molar-refractivity contribution in [2.45, 2.75) is 69.1 Å². The number of hydrogen-bond donors (Lipinski definition) is 0. The van der Waals surface area contributed by atoms with E-state index in [1.165, 1.54) is 84.8 Å². The van der Waals surface area contributed by atoms with Gasteiger partial charge < -0.3 is 4.74 Å². The monoisotopic (exact) mass is 461 g/mol. The molecule has 1 aliphatic heterocycles. The summed E-state index contributed by atoms with van der Waals surface area (Å²) in [6, 6.07) is 21.9. The third-order valence-electron chi connectivity index (χ3n) is 7.04. The van der Waals surface area contributed by atoms with Gasteiger partial charge in [0.2, 0.25) is 0 Å². The van der Waals surface area contributed by atoms with Crippen LogP contribution in [0.1, 0.15) is 63.0 Å². The van der Waals surface area contributed by atoms with Crippen molar-refractivity contribution in [1.82, 2.24) is 4.90 Å². The SMILES string of the molecule is CCCCCCCC1CCN(Cc2ccccc2SCc2c(OC)ccc3ccccc23)C1. The van der Waals surface area contributed by atoms with Gasteiger partial charge in [0, 0.05) is 29.3 Å². The summed E-state index contributed by atoms with van der Waals surface area (Å²) < 4.78 is 5.72. The fraction of sp³-hybridized carbons (Fsp3) is 0.467. The molecule has 0 spiro atoms. The van der Waals surface area contributed by atoms with Gasteiger partial charge in [0.05, 0.1) is 7.11 Å². The van der Waals surface area contributed by atoms with Gasteiger partial charge in [-0.05, 0) is 53.8 Å². The second-order valence-corrected chi connectivity index (χ2v) is 10.5. The Bertz CT molecular complexity index is 1020. The number of thioether (sulfide) groups is 1.